The van der Waals surface area contributed by atoms with Crippen molar-refractivity contribution >= 4 is 22.8 Å². The Balaban J connectivity index is 1.42. The first-order valence-electron chi connectivity index (χ1n) is 12.8. The molecule has 1 aliphatic heterocycles. The molecule has 0 radical (unpaired) electrons. The van der Waals surface area contributed by atoms with Crippen LogP contribution in [0.1, 0.15) is 19.4 Å². The van der Waals surface area contributed by atoms with E-state index in [9.17, 15) is 19.1 Å². The third-order valence-corrected chi connectivity index (χ3v) is 7.08. The first-order valence-corrected chi connectivity index (χ1v) is 12.8. The lowest BCUT2D eigenvalue weighted by Crippen LogP contribution is -2.55. The number of amides is 1. The lowest BCUT2D eigenvalue weighted by Gasteiger charge is -2.39. The molecule has 4 aromatic rings. The summed E-state index contributed by atoms with van der Waals surface area (Å²) in [6, 6.07) is 12.7. The van der Waals surface area contributed by atoms with E-state index in [0.29, 0.717) is 43.3 Å². The van der Waals surface area contributed by atoms with Crippen LogP contribution in [-0.2, 0) is 18.4 Å². The highest BCUT2D eigenvalue weighted by molar-refractivity contribution is 5.84. The molecule has 1 unspecified atom stereocenters. The molecule has 0 aliphatic carbocycles. The van der Waals surface area contributed by atoms with E-state index in [2.05, 4.69) is 9.97 Å². The van der Waals surface area contributed by atoms with Crippen LogP contribution >= 0.6 is 0 Å². The Labute approximate surface area is 224 Å². The van der Waals surface area contributed by atoms with Gasteiger partial charge in [0, 0.05) is 63.2 Å². The maximum Gasteiger partial charge on any atom is 0.274 e. The van der Waals surface area contributed by atoms with Crippen LogP contribution in [0.5, 0.6) is 5.75 Å². The number of hydrogen-bond acceptors (Lipinski definition) is 7. The Morgan fingerprint density at radius 3 is 2.59 bits per heavy atom. The van der Waals surface area contributed by atoms with Crippen molar-refractivity contribution in [1.82, 2.24) is 24.2 Å². The van der Waals surface area contributed by atoms with Crippen LogP contribution in [0, 0.1) is 0 Å². The number of carbonyl (C=O) groups excluding carboxylic acids is 1. The molecule has 10 nitrogen and oxygen atoms in total. The zero-order valence-corrected chi connectivity index (χ0v) is 22.1. The summed E-state index contributed by atoms with van der Waals surface area (Å²) in [5.74, 6) is 0.720. The highest BCUT2D eigenvalue weighted by atomic mass is 19.1. The third-order valence-electron chi connectivity index (χ3n) is 7.08. The molecule has 39 heavy (non-hydrogen) atoms. The van der Waals surface area contributed by atoms with Crippen molar-refractivity contribution in [3.8, 4) is 16.9 Å². The Hall–Kier alpha value is -4.25. The smallest absolute Gasteiger partial charge is 0.274 e. The molecule has 11 heteroatoms. The molecule has 1 aliphatic rings. The molecule has 1 fully saturated rings. The average molecular weight is 535 g/mol. The van der Waals surface area contributed by atoms with Gasteiger partial charge in [0.2, 0.25) is 18.2 Å². The molecule has 2 atom stereocenters. The number of piperazine rings is 1. The van der Waals surface area contributed by atoms with Gasteiger partial charge in [0.05, 0.1) is 17.4 Å². The van der Waals surface area contributed by atoms with E-state index in [-0.39, 0.29) is 17.5 Å². The minimum atomic E-state index is -1.46. The number of para-hydroxylation sites is 1. The molecule has 204 valence electrons. The highest BCUT2D eigenvalue weighted by Gasteiger charge is 2.28. The van der Waals surface area contributed by atoms with Gasteiger partial charge in [0.25, 0.3) is 5.56 Å². The fourth-order valence-electron chi connectivity index (χ4n) is 5.06. The summed E-state index contributed by atoms with van der Waals surface area (Å²) in [4.78, 5) is 37.7. The minimum Gasteiger partial charge on any atom is -0.460 e. The zero-order chi connectivity index (χ0) is 27.7. The SMILES string of the molecule is CC(F)Oc1ccccc1Cn1c2cc(-c3cnc(N4CCN(C(=O)CO)[C@H](C)C4)nc3)ccc2c(=O)n1C. The number of aliphatic hydroxyl groups is 1. The Bertz CT molecular complexity index is 1550. The van der Waals surface area contributed by atoms with Crippen LogP contribution in [0.4, 0.5) is 10.3 Å². The van der Waals surface area contributed by atoms with Crippen molar-refractivity contribution in [3.63, 3.8) is 0 Å². The lowest BCUT2D eigenvalue weighted by atomic mass is 10.1. The Kier molecular flexibility index (Phi) is 7.34. The van der Waals surface area contributed by atoms with Gasteiger partial charge in [-0.15, -0.1) is 0 Å². The summed E-state index contributed by atoms with van der Waals surface area (Å²) in [6.07, 6.45) is 2.04. The molecule has 0 spiro atoms. The molecule has 5 rings (SSSR count). The first kappa shape index (κ1) is 26.4. The van der Waals surface area contributed by atoms with E-state index >= 15 is 0 Å². The summed E-state index contributed by atoms with van der Waals surface area (Å²) in [5, 5.41) is 9.74. The summed E-state index contributed by atoms with van der Waals surface area (Å²) in [7, 11) is 1.70. The van der Waals surface area contributed by atoms with Crippen LogP contribution in [-0.4, -0.2) is 73.9 Å². The van der Waals surface area contributed by atoms with Crippen LogP contribution in [0.25, 0.3) is 22.0 Å². The number of carbonyl (C=O) groups is 1. The van der Waals surface area contributed by atoms with E-state index < -0.39 is 13.0 Å². The largest absolute Gasteiger partial charge is 0.460 e. The first-order chi connectivity index (χ1) is 18.8. The second kappa shape index (κ2) is 10.9. The normalized spacial score (nSPS) is 16.5. The van der Waals surface area contributed by atoms with Gasteiger partial charge in [-0.3, -0.25) is 19.0 Å². The standard InChI is InChI=1S/C28H31FN6O4/c1-18-15-33(10-11-34(18)26(37)17-36)28-30-13-22(14-31-28)20-8-9-23-24(12-20)35(32(3)27(23)38)16-21-6-4-5-7-25(21)39-19(2)29/h4-9,12-14,18-19,36H,10-11,15-17H2,1-3H3/t18-,19?/m1/s1. The number of benzene rings is 2. The zero-order valence-electron chi connectivity index (χ0n) is 22.1. The molecule has 0 saturated carbocycles. The van der Waals surface area contributed by atoms with Crippen molar-refractivity contribution in [2.24, 2.45) is 7.05 Å². The van der Waals surface area contributed by atoms with Crippen LogP contribution < -0.4 is 15.2 Å². The number of anilines is 1. The van der Waals surface area contributed by atoms with Crippen LogP contribution in [0.15, 0.2) is 59.7 Å². The van der Waals surface area contributed by atoms with E-state index in [1.165, 1.54) is 6.92 Å². The van der Waals surface area contributed by atoms with E-state index in [1.54, 1.807) is 47.2 Å². The number of fused-ring (bicyclic) bond motifs is 1. The number of aromatic nitrogens is 4. The fraction of sp³-hybridized carbons (Fsp3) is 0.357. The van der Waals surface area contributed by atoms with Crippen molar-refractivity contribution in [3.05, 3.63) is 70.8 Å². The van der Waals surface area contributed by atoms with Gasteiger partial charge in [-0.25, -0.2) is 14.4 Å². The maximum absolute atomic E-state index is 13.6. The second-order valence-electron chi connectivity index (χ2n) is 9.70. The topological polar surface area (TPSA) is 106 Å². The highest BCUT2D eigenvalue weighted by Crippen LogP contribution is 2.26. The summed E-state index contributed by atoms with van der Waals surface area (Å²) in [6.45, 7) is 4.73. The molecule has 1 amide bonds. The molecular formula is C28H31FN6O4. The third kappa shape index (κ3) is 5.22. The minimum absolute atomic E-state index is 0.0671. The predicted molar refractivity (Wildman–Crippen MR) is 145 cm³/mol. The number of halogens is 1. The van der Waals surface area contributed by atoms with Crippen molar-refractivity contribution in [2.75, 3.05) is 31.1 Å². The summed E-state index contributed by atoms with van der Waals surface area (Å²) < 4.78 is 22.3. The molecule has 2 aromatic carbocycles. The van der Waals surface area contributed by atoms with E-state index in [4.69, 9.17) is 4.74 Å². The van der Waals surface area contributed by atoms with Gasteiger partial charge in [0.1, 0.15) is 12.4 Å². The second-order valence-corrected chi connectivity index (χ2v) is 9.70. The molecule has 0 bridgehead atoms. The van der Waals surface area contributed by atoms with Crippen molar-refractivity contribution in [2.45, 2.75) is 32.8 Å². The van der Waals surface area contributed by atoms with Crippen molar-refractivity contribution in [1.29, 1.82) is 0 Å². The lowest BCUT2D eigenvalue weighted by molar-refractivity contribution is -0.136. The summed E-state index contributed by atoms with van der Waals surface area (Å²) in [5.41, 5.74) is 2.99. The number of aliphatic hydroxyl groups excluding tert-OH is 1. The number of ether oxygens (including phenoxy) is 1. The predicted octanol–water partition coefficient (Wildman–Crippen LogP) is 2.57. The number of rotatable bonds is 7. The molecule has 1 saturated heterocycles. The molecule has 1 N–H and O–H groups in total. The monoisotopic (exact) mass is 534 g/mol. The van der Waals surface area contributed by atoms with E-state index in [1.807, 2.05) is 40.8 Å². The molecule has 3 heterocycles. The van der Waals surface area contributed by atoms with Gasteiger partial charge in [-0.2, -0.15) is 0 Å². The van der Waals surface area contributed by atoms with Gasteiger partial charge in [-0.1, -0.05) is 24.3 Å². The van der Waals surface area contributed by atoms with Crippen LogP contribution in [0.2, 0.25) is 0 Å². The molecular weight excluding hydrogens is 503 g/mol. The van der Waals surface area contributed by atoms with Gasteiger partial charge < -0.3 is 19.6 Å². The number of hydrogen-bond donors (Lipinski definition) is 1. The number of alkyl halides is 1. The van der Waals surface area contributed by atoms with E-state index in [0.717, 1.165) is 22.2 Å². The Morgan fingerprint density at radius 1 is 1.15 bits per heavy atom. The van der Waals surface area contributed by atoms with Gasteiger partial charge in [0.15, 0.2) is 0 Å². The number of nitrogens with zero attached hydrogens (tertiary/aromatic N) is 6. The average Bonchev–Trinajstić information content (AvgIpc) is 3.17. The van der Waals surface area contributed by atoms with Crippen molar-refractivity contribution < 1.29 is 19.0 Å². The fourth-order valence-corrected chi connectivity index (χ4v) is 5.06. The van der Waals surface area contributed by atoms with Gasteiger partial charge >= 0.3 is 0 Å². The molecule has 2 aromatic heterocycles. The quantitative estimate of drug-likeness (QED) is 0.389. The summed E-state index contributed by atoms with van der Waals surface area (Å²) >= 11 is 0. The van der Waals surface area contributed by atoms with Gasteiger partial charge in [-0.05, 0) is 30.7 Å². The maximum atomic E-state index is 13.6. The van der Waals surface area contributed by atoms with Crippen LogP contribution in [0.3, 0.4) is 0 Å². The Morgan fingerprint density at radius 2 is 1.90 bits per heavy atom.